The largest absolute Gasteiger partial charge is 0.492 e. The molecule has 1 aromatic rings. The lowest BCUT2D eigenvalue weighted by molar-refractivity contribution is 0.340. The first-order valence-electron chi connectivity index (χ1n) is 7.01. The smallest absolute Gasteiger partial charge is 0.215 e. The number of hydrogen-bond donors (Lipinski definition) is 2. The minimum atomic E-state index is -3.30. The summed E-state index contributed by atoms with van der Waals surface area (Å²) in [5, 5.41) is 0.387. The third-order valence-corrected chi connectivity index (χ3v) is 6.12. The standard InChI is InChI=1S/C14H22N2O3S2/c1-20-14-4-2-3-13(14)16-21(17,18)10-9-19-12-7-5-11(15)6-8-12/h5-8,13-14,16H,2-4,9-10,15H2,1H3. The molecule has 0 spiro atoms. The molecule has 1 saturated carbocycles. The van der Waals surface area contributed by atoms with Crippen LogP contribution in [0.25, 0.3) is 0 Å². The summed E-state index contributed by atoms with van der Waals surface area (Å²) < 4.78 is 32.4. The predicted octanol–water partition coefficient (Wildman–Crippen LogP) is 1.85. The Balaban J connectivity index is 1.80. The molecule has 0 heterocycles. The van der Waals surface area contributed by atoms with Crippen LogP contribution in [0.4, 0.5) is 5.69 Å². The van der Waals surface area contributed by atoms with Crippen LogP contribution in [-0.2, 0) is 10.0 Å². The van der Waals surface area contributed by atoms with Gasteiger partial charge >= 0.3 is 0 Å². The van der Waals surface area contributed by atoms with Crippen molar-refractivity contribution < 1.29 is 13.2 Å². The van der Waals surface area contributed by atoms with Crippen molar-refractivity contribution in [1.29, 1.82) is 0 Å². The van der Waals surface area contributed by atoms with E-state index in [1.165, 1.54) is 0 Å². The minimum Gasteiger partial charge on any atom is -0.492 e. The Bertz CT molecular complexity index is 546. The molecule has 0 amide bonds. The van der Waals surface area contributed by atoms with Crippen molar-refractivity contribution in [2.24, 2.45) is 0 Å². The molecule has 0 bridgehead atoms. The summed E-state index contributed by atoms with van der Waals surface area (Å²) in [6, 6.07) is 6.97. The maximum atomic E-state index is 12.1. The van der Waals surface area contributed by atoms with Crippen LogP contribution in [0.2, 0.25) is 0 Å². The average Bonchev–Trinajstić information content (AvgIpc) is 2.87. The molecule has 0 aliphatic heterocycles. The van der Waals surface area contributed by atoms with Gasteiger partial charge in [0.1, 0.15) is 12.4 Å². The lowest BCUT2D eigenvalue weighted by Crippen LogP contribution is -2.40. The van der Waals surface area contributed by atoms with Crippen LogP contribution in [0.5, 0.6) is 5.75 Å². The van der Waals surface area contributed by atoms with E-state index in [1.807, 2.05) is 6.26 Å². The Kier molecular flexibility index (Phi) is 5.78. The number of nitrogens with one attached hydrogen (secondary N) is 1. The van der Waals surface area contributed by atoms with E-state index in [1.54, 1.807) is 36.0 Å². The third-order valence-electron chi connectivity index (χ3n) is 3.59. The number of nitrogens with two attached hydrogens (primary N) is 1. The Labute approximate surface area is 130 Å². The Hall–Kier alpha value is -0.920. The van der Waals surface area contributed by atoms with Gasteiger partial charge in [-0.15, -0.1) is 0 Å². The van der Waals surface area contributed by atoms with Gasteiger partial charge in [0.2, 0.25) is 10.0 Å². The Morgan fingerprint density at radius 2 is 2.05 bits per heavy atom. The average molecular weight is 330 g/mol. The fraction of sp³-hybridized carbons (Fsp3) is 0.571. The molecule has 1 fully saturated rings. The normalized spacial score (nSPS) is 22.3. The molecule has 0 radical (unpaired) electrons. The van der Waals surface area contributed by atoms with Crippen molar-refractivity contribution in [3.8, 4) is 5.75 Å². The van der Waals surface area contributed by atoms with Gasteiger partial charge in [0.05, 0.1) is 5.75 Å². The van der Waals surface area contributed by atoms with Gasteiger partial charge in [-0.1, -0.05) is 6.42 Å². The third kappa shape index (κ3) is 5.09. The number of anilines is 1. The van der Waals surface area contributed by atoms with Crippen molar-refractivity contribution in [3.05, 3.63) is 24.3 Å². The fourth-order valence-corrected chi connectivity index (χ4v) is 4.65. The highest BCUT2D eigenvalue weighted by molar-refractivity contribution is 7.99. The number of nitrogen functional groups attached to an aromatic ring is 1. The zero-order valence-electron chi connectivity index (χ0n) is 12.1. The summed E-state index contributed by atoms with van der Waals surface area (Å²) in [5.74, 6) is 0.594. The molecule has 2 atom stereocenters. The molecule has 2 unspecified atom stereocenters. The van der Waals surface area contributed by atoms with Crippen LogP contribution < -0.4 is 15.2 Å². The molecular formula is C14H22N2O3S2. The zero-order valence-corrected chi connectivity index (χ0v) is 13.8. The molecule has 21 heavy (non-hydrogen) atoms. The van der Waals surface area contributed by atoms with Crippen LogP contribution in [0.3, 0.4) is 0 Å². The molecule has 1 aromatic carbocycles. The van der Waals surface area contributed by atoms with E-state index in [4.69, 9.17) is 10.5 Å². The van der Waals surface area contributed by atoms with Crippen molar-refractivity contribution >= 4 is 27.5 Å². The van der Waals surface area contributed by atoms with E-state index >= 15 is 0 Å². The van der Waals surface area contributed by atoms with Gasteiger partial charge in [-0.25, -0.2) is 13.1 Å². The van der Waals surface area contributed by atoms with Crippen LogP contribution in [0, 0.1) is 0 Å². The van der Waals surface area contributed by atoms with Gasteiger partial charge in [-0.2, -0.15) is 11.8 Å². The van der Waals surface area contributed by atoms with Crippen molar-refractivity contribution in [3.63, 3.8) is 0 Å². The van der Waals surface area contributed by atoms with Crippen molar-refractivity contribution in [2.75, 3.05) is 24.3 Å². The molecule has 1 aliphatic carbocycles. The number of benzene rings is 1. The maximum Gasteiger partial charge on any atom is 0.215 e. The lowest BCUT2D eigenvalue weighted by Gasteiger charge is -2.19. The molecule has 7 heteroatoms. The summed E-state index contributed by atoms with van der Waals surface area (Å²) in [5.41, 5.74) is 6.23. The molecular weight excluding hydrogens is 308 g/mol. The van der Waals surface area contributed by atoms with Gasteiger partial charge in [0.25, 0.3) is 0 Å². The lowest BCUT2D eigenvalue weighted by atomic mass is 10.3. The number of hydrogen-bond acceptors (Lipinski definition) is 5. The molecule has 118 valence electrons. The molecule has 3 N–H and O–H groups in total. The van der Waals surface area contributed by atoms with E-state index in [9.17, 15) is 8.42 Å². The van der Waals surface area contributed by atoms with E-state index < -0.39 is 10.0 Å². The first-order chi connectivity index (χ1) is 10.00. The second-order valence-electron chi connectivity index (χ2n) is 5.17. The summed E-state index contributed by atoms with van der Waals surface area (Å²) in [7, 11) is -3.30. The topological polar surface area (TPSA) is 81.4 Å². The molecule has 2 rings (SSSR count). The predicted molar refractivity (Wildman–Crippen MR) is 88.2 cm³/mol. The fourth-order valence-electron chi connectivity index (χ4n) is 2.47. The van der Waals surface area contributed by atoms with E-state index in [0.717, 1.165) is 19.3 Å². The zero-order chi connectivity index (χ0) is 15.3. The van der Waals surface area contributed by atoms with Gasteiger partial charge in [-0.05, 0) is 43.4 Å². The van der Waals surface area contributed by atoms with E-state index in [-0.39, 0.29) is 18.4 Å². The first kappa shape index (κ1) is 16.5. The monoisotopic (exact) mass is 330 g/mol. The van der Waals surface area contributed by atoms with Gasteiger partial charge < -0.3 is 10.5 Å². The first-order valence-corrected chi connectivity index (χ1v) is 9.95. The second-order valence-corrected chi connectivity index (χ2v) is 8.12. The SMILES string of the molecule is CSC1CCCC1NS(=O)(=O)CCOc1ccc(N)cc1. The minimum absolute atomic E-state index is 0.0328. The highest BCUT2D eigenvalue weighted by Gasteiger charge is 2.29. The number of ether oxygens (including phenoxy) is 1. The summed E-state index contributed by atoms with van der Waals surface area (Å²) >= 11 is 1.73. The summed E-state index contributed by atoms with van der Waals surface area (Å²) in [6.45, 7) is 0.135. The summed E-state index contributed by atoms with van der Waals surface area (Å²) in [4.78, 5) is 0. The number of rotatable bonds is 7. The number of thioether (sulfide) groups is 1. The highest BCUT2D eigenvalue weighted by atomic mass is 32.2. The van der Waals surface area contributed by atoms with E-state index in [2.05, 4.69) is 4.72 Å². The van der Waals surface area contributed by atoms with Crippen LogP contribution in [-0.4, -0.2) is 38.3 Å². The van der Waals surface area contributed by atoms with Crippen LogP contribution in [0.1, 0.15) is 19.3 Å². The summed E-state index contributed by atoms with van der Waals surface area (Å²) in [6.07, 6.45) is 5.11. The molecule has 0 aromatic heterocycles. The van der Waals surface area contributed by atoms with Crippen LogP contribution >= 0.6 is 11.8 Å². The maximum absolute atomic E-state index is 12.1. The molecule has 0 saturated heterocycles. The van der Waals surface area contributed by atoms with Gasteiger partial charge in [0, 0.05) is 17.0 Å². The molecule has 5 nitrogen and oxygen atoms in total. The number of sulfonamides is 1. The van der Waals surface area contributed by atoms with Crippen molar-refractivity contribution in [1.82, 2.24) is 4.72 Å². The Morgan fingerprint density at radius 1 is 1.33 bits per heavy atom. The quantitative estimate of drug-likeness (QED) is 0.746. The molecule has 1 aliphatic rings. The van der Waals surface area contributed by atoms with Crippen LogP contribution in [0.15, 0.2) is 24.3 Å². The van der Waals surface area contributed by atoms with Gasteiger partial charge in [0.15, 0.2) is 0 Å². The van der Waals surface area contributed by atoms with Gasteiger partial charge in [-0.3, -0.25) is 0 Å². The highest BCUT2D eigenvalue weighted by Crippen LogP contribution is 2.28. The van der Waals surface area contributed by atoms with E-state index in [0.29, 0.717) is 16.7 Å². The van der Waals surface area contributed by atoms with Crippen molar-refractivity contribution in [2.45, 2.75) is 30.6 Å². The second kappa shape index (κ2) is 7.38. The Morgan fingerprint density at radius 3 is 2.71 bits per heavy atom.